The fourth-order valence-electron chi connectivity index (χ4n) is 6.97. The summed E-state index contributed by atoms with van der Waals surface area (Å²) in [6.45, 7) is 1.80. The number of amides is 1. The van der Waals surface area contributed by atoms with E-state index in [1.165, 1.54) is 55.9 Å². The largest absolute Gasteiger partial charge is 0.435 e. The highest BCUT2D eigenvalue weighted by Gasteiger charge is 2.62. The van der Waals surface area contributed by atoms with Crippen LogP contribution in [0.25, 0.3) is 22.0 Å². The van der Waals surface area contributed by atoms with Crippen molar-refractivity contribution >= 4 is 44.3 Å². The van der Waals surface area contributed by atoms with E-state index in [-0.39, 0.29) is 34.0 Å². The second-order valence-corrected chi connectivity index (χ2v) is 16.3. The Balaban J connectivity index is 1.38. The SMILES string of the molecule is Cn1nc(NS(C)(=O)=O)c2c(Cl)ccc(-c3ccc(C#CC(C)(C)O)nc3[C@H](Cc3cccc(F)c3)NC(=O)Cn3nc(C(F)(F)F)c4c3C(F)(F)[C@@H]3C#C[C@H]43)c21. The number of nitrogens with zero attached hydrogens (tertiary/aromatic N) is 5. The number of aromatic nitrogens is 5. The molecular formula is C38H30ClF6N7O4S. The van der Waals surface area contributed by atoms with E-state index in [1.54, 1.807) is 18.2 Å². The number of carbonyl (C=O) groups is 1. The lowest BCUT2D eigenvalue weighted by Crippen LogP contribution is -2.36. The molecule has 0 spiro atoms. The van der Waals surface area contributed by atoms with E-state index < -0.39 is 80.8 Å². The second-order valence-electron chi connectivity index (χ2n) is 14.2. The molecule has 0 saturated carbocycles. The van der Waals surface area contributed by atoms with Crippen LogP contribution in [0.5, 0.6) is 0 Å². The first kappa shape index (κ1) is 39.7. The molecule has 3 aromatic heterocycles. The van der Waals surface area contributed by atoms with Crippen molar-refractivity contribution in [3.8, 4) is 34.8 Å². The van der Waals surface area contributed by atoms with Crippen LogP contribution in [0.2, 0.25) is 5.02 Å². The summed E-state index contributed by atoms with van der Waals surface area (Å²) in [5.74, 6) is 1.32. The van der Waals surface area contributed by atoms with Crippen molar-refractivity contribution in [2.45, 2.75) is 56.5 Å². The molecule has 3 atom stereocenters. The van der Waals surface area contributed by atoms with E-state index >= 15 is 8.78 Å². The summed E-state index contributed by atoms with van der Waals surface area (Å²) in [6.07, 6.45) is -4.38. The van der Waals surface area contributed by atoms with Gasteiger partial charge in [-0.15, -0.1) is 0 Å². The van der Waals surface area contributed by atoms with Gasteiger partial charge in [0.2, 0.25) is 15.9 Å². The van der Waals surface area contributed by atoms with Crippen LogP contribution in [0, 0.1) is 35.4 Å². The van der Waals surface area contributed by atoms with Gasteiger partial charge in [-0.25, -0.2) is 17.8 Å². The third kappa shape index (κ3) is 7.64. The Morgan fingerprint density at radius 1 is 1.11 bits per heavy atom. The number of alkyl halides is 5. The van der Waals surface area contributed by atoms with Crippen LogP contribution >= 0.6 is 11.6 Å². The number of hydrogen-bond acceptors (Lipinski definition) is 7. The normalized spacial score (nSPS) is 17.4. The van der Waals surface area contributed by atoms with Gasteiger partial charge in [0.15, 0.2) is 11.5 Å². The van der Waals surface area contributed by atoms with E-state index in [4.69, 9.17) is 16.6 Å². The number of fused-ring (bicyclic) bond motifs is 4. The Kier molecular flexibility index (Phi) is 9.62. The van der Waals surface area contributed by atoms with Gasteiger partial charge in [0.25, 0.3) is 0 Å². The van der Waals surface area contributed by atoms with Crippen LogP contribution in [0.4, 0.5) is 32.2 Å². The molecule has 19 heteroatoms. The third-order valence-corrected chi connectivity index (χ3v) is 10.1. The summed E-state index contributed by atoms with van der Waals surface area (Å²) in [5.41, 5.74) is -3.38. The summed E-state index contributed by atoms with van der Waals surface area (Å²) >= 11 is 6.58. The molecule has 0 unspecified atom stereocenters. The highest BCUT2D eigenvalue weighted by molar-refractivity contribution is 7.92. The minimum Gasteiger partial charge on any atom is -0.378 e. The van der Waals surface area contributed by atoms with Crippen LogP contribution < -0.4 is 10.0 Å². The van der Waals surface area contributed by atoms with Gasteiger partial charge in [0.05, 0.1) is 39.8 Å². The molecule has 2 aromatic carbocycles. The molecule has 5 aromatic rings. The Morgan fingerprint density at radius 3 is 2.46 bits per heavy atom. The number of anilines is 1. The van der Waals surface area contributed by atoms with Gasteiger partial charge in [0.1, 0.15) is 35.3 Å². The van der Waals surface area contributed by atoms with Crippen molar-refractivity contribution in [3.63, 3.8) is 0 Å². The van der Waals surface area contributed by atoms with Gasteiger partial charge < -0.3 is 10.4 Å². The maximum Gasteiger partial charge on any atom is 0.435 e. The van der Waals surface area contributed by atoms with Crippen LogP contribution in [0.15, 0.2) is 48.5 Å². The molecular weight excluding hydrogens is 800 g/mol. The van der Waals surface area contributed by atoms with Crippen molar-refractivity contribution in [1.82, 2.24) is 29.9 Å². The lowest BCUT2D eigenvalue weighted by Gasteiger charge is -2.24. The Labute approximate surface area is 326 Å². The minimum atomic E-state index is -5.12. The maximum absolute atomic E-state index is 15.5. The zero-order valence-electron chi connectivity index (χ0n) is 30.2. The number of rotatable bonds is 9. The number of pyridine rings is 1. The molecule has 2 aliphatic carbocycles. The Hall–Kier alpha value is -5.56. The van der Waals surface area contributed by atoms with Gasteiger partial charge in [0, 0.05) is 23.7 Å². The van der Waals surface area contributed by atoms with E-state index in [0.29, 0.717) is 26.9 Å². The molecule has 0 radical (unpaired) electrons. The summed E-state index contributed by atoms with van der Waals surface area (Å²) in [6, 6.07) is 10.3. The summed E-state index contributed by atoms with van der Waals surface area (Å²) < 4.78 is 116. The van der Waals surface area contributed by atoms with E-state index in [2.05, 4.69) is 43.9 Å². The zero-order chi connectivity index (χ0) is 41.4. The van der Waals surface area contributed by atoms with Crippen molar-refractivity contribution in [3.05, 3.63) is 93.3 Å². The monoisotopic (exact) mass is 829 g/mol. The zero-order valence-corrected chi connectivity index (χ0v) is 31.8. The topological polar surface area (TPSA) is 144 Å². The molecule has 57 heavy (non-hydrogen) atoms. The van der Waals surface area contributed by atoms with Crippen LogP contribution in [-0.2, 0) is 46.9 Å². The maximum atomic E-state index is 15.5. The van der Waals surface area contributed by atoms with Crippen molar-refractivity contribution in [2.75, 3.05) is 11.0 Å². The average molecular weight is 830 g/mol. The standard InChI is InChI=1S/C38H30ClF6N7O4S/c1-36(2,54)15-14-21-8-9-22(23-11-13-26(39)30-32(23)51(3)49-35(30)50-57(4,55)56)31(46-21)27(17-19-6-5-7-20(40)16-19)47-28(53)18-52-34-29(33(48-52)38(43,44)45)24-10-12-25(24)37(34,41)42/h5-9,11,13,16,24-25,27,54H,17-18H2,1-4H3,(H,47,53)(H,49,50)/t24-,25+,27-/m0/s1. The second kappa shape index (κ2) is 13.8. The number of sulfonamides is 1. The predicted octanol–water partition coefficient (Wildman–Crippen LogP) is 6.06. The molecule has 0 saturated heterocycles. The first-order valence-electron chi connectivity index (χ1n) is 17.0. The molecule has 0 bridgehead atoms. The van der Waals surface area contributed by atoms with Gasteiger partial charge in [-0.2, -0.15) is 32.1 Å². The third-order valence-electron chi connectivity index (χ3n) is 9.22. The lowest BCUT2D eigenvalue weighted by molar-refractivity contribution is -0.142. The Bertz CT molecular complexity index is 2740. The minimum absolute atomic E-state index is 0.0658. The highest BCUT2D eigenvalue weighted by Crippen LogP contribution is 2.58. The van der Waals surface area contributed by atoms with E-state index in [1.807, 2.05) is 0 Å². The van der Waals surface area contributed by atoms with Gasteiger partial charge in [-0.1, -0.05) is 47.6 Å². The molecule has 0 aliphatic heterocycles. The number of nitrogens with one attached hydrogen (secondary N) is 2. The van der Waals surface area contributed by atoms with Gasteiger partial charge >= 0.3 is 12.1 Å². The molecule has 7 rings (SSSR count). The van der Waals surface area contributed by atoms with Crippen LogP contribution in [0.1, 0.15) is 59.7 Å². The summed E-state index contributed by atoms with van der Waals surface area (Å²) in [4.78, 5) is 18.7. The molecule has 2 aliphatic rings. The van der Waals surface area contributed by atoms with Crippen LogP contribution in [0.3, 0.4) is 0 Å². The van der Waals surface area contributed by atoms with Gasteiger partial charge in [-0.05, 0) is 62.1 Å². The first-order valence-corrected chi connectivity index (χ1v) is 19.3. The lowest BCUT2D eigenvalue weighted by atomic mass is 9.84. The molecule has 0 fully saturated rings. The molecule has 3 heterocycles. The number of carbonyl (C=O) groups excluding carboxylic acids is 1. The Morgan fingerprint density at radius 2 is 1.82 bits per heavy atom. The van der Waals surface area contributed by atoms with E-state index in [9.17, 15) is 35.9 Å². The summed E-state index contributed by atoms with van der Waals surface area (Å²) in [5, 5.41) is 21.1. The number of hydrogen-bond donors (Lipinski definition) is 3. The number of benzene rings is 2. The molecule has 1 amide bonds. The fraction of sp³-hybridized carbons (Fsp3) is 0.316. The molecule has 11 nitrogen and oxygen atoms in total. The quantitative estimate of drug-likeness (QED) is 0.121. The fourth-order valence-corrected chi connectivity index (χ4v) is 7.71. The van der Waals surface area contributed by atoms with Crippen LogP contribution in [-0.4, -0.2) is 55.8 Å². The number of halogens is 7. The van der Waals surface area contributed by atoms with Crippen molar-refractivity contribution < 1.29 is 44.7 Å². The van der Waals surface area contributed by atoms with E-state index in [0.717, 1.165) is 6.26 Å². The average Bonchev–Trinajstić information content (AvgIpc) is 3.64. The number of aliphatic hydroxyl groups is 1. The number of aryl methyl sites for hydroxylation is 1. The van der Waals surface area contributed by atoms with Gasteiger partial charge in [-0.3, -0.25) is 18.9 Å². The molecule has 3 N–H and O–H groups in total. The smallest absolute Gasteiger partial charge is 0.378 e. The first-order chi connectivity index (χ1) is 26.5. The van der Waals surface area contributed by atoms with Crippen molar-refractivity contribution in [2.24, 2.45) is 13.0 Å². The molecule has 296 valence electrons. The highest BCUT2D eigenvalue weighted by atomic mass is 35.5. The summed E-state index contributed by atoms with van der Waals surface area (Å²) in [7, 11) is -2.30. The predicted molar refractivity (Wildman–Crippen MR) is 197 cm³/mol. The van der Waals surface area contributed by atoms with Crippen molar-refractivity contribution in [1.29, 1.82) is 0 Å².